The number of ether oxygens (including phenoxy) is 1. The van der Waals surface area contributed by atoms with Gasteiger partial charge in [0.25, 0.3) is 0 Å². The summed E-state index contributed by atoms with van der Waals surface area (Å²) in [6.07, 6.45) is -0.111. The van der Waals surface area contributed by atoms with Gasteiger partial charge in [0.1, 0.15) is 6.61 Å². The van der Waals surface area contributed by atoms with Crippen LogP contribution >= 0.6 is 0 Å². The number of aliphatic hydroxyl groups is 1. The SMILES string of the molecule is O=C(O)CC(O)CNC(=O)C1CCCC1NC(=O)OCC1c2ccccc2-c2ccccc21. The van der Waals surface area contributed by atoms with Crippen LogP contribution in [-0.4, -0.2) is 53.5 Å². The van der Waals surface area contributed by atoms with Crippen LogP contribution < -0.4 is 10.6 Å². The number of rotatable bonds is 8. The predicted molar refractivity (Wildman–Crippen MR) is 121 cm³/mol. The first kappa shape index (κ1) is 22.8. The van der Waals surface area contributed by atoms with Crippen LogP contribution in [0.4, 0.5) is 4.79 Å². The number of carbonyl (C=O) groups excluding carboxylic acids is 2. The van der Waals surface area contributed by atoms with Gasteiger partial charge in [-0.1, -0.05) is 55.0 Å². The summed E-state index contributed by atoms with van der Waals surface area (Å²) in [5, 5.41) is 23.8. The fourth-order valence-corrected chi connectivity index (χ4v) is 4.86. The van der Waals surface area contributed by atoms with Crippen molar-refractivity contribution in [3.63, 3.8) is 0 Å². The van der Waals surface area contributed by atoms with Crippen molar-refractivity contribution in [1.82, 2.24) is 10.6 Å². The van der Waals surface area contributed by atoms with E-state index in [1.165, 1.54) is 0 Å². The van der Waals surface area contributed by atoms with E-state index in [-0.39, 0.29) is 31.0 Å². The Balaban J connectivity index is 1.32. The Morgan fingerprint density at radius 2 is 1.64 bits per heavy atom. The number of carbonyl (C=O) groups is 3. The van der Waals surface area contributed by atoms with Crippen LogP contribution in [0.25, 0.3) is 11.1 Å². The van der Waals surface area contributed by atoms with Gasteiger partial charge in [0.2, 0.25) is 5.91 Å². The molecule has 0 bridgehead atoms. The highest BCUT2D eigenvalue weighted by Gasteiger charge is 2.35. The van der Waals surface area contributed by atoms with E-state index in [2.05, 4.69) is 34.9 Å². The Kier molecular flexibility index (Phi) is 6.93. The third-order valence-electron chi connectivity index (χ3n) is 6.42. The zero-order valence-corrected chi connectivity index (χ0v) is 18.2. The predicted octanol–water partition coefficient (Wildman–Crippen LogP) is 2.65. The molecule has 2 aromatic carbocycles. The summed E-state index contributed by atoms with van der Waals surface area (Å²) >= 11 is 0. The van der Waals surface area contributed by atoms with Crippen molar-refractivity contribution in [3.05, 3.63) is 59.7 Å². The van der Waals surface area contributed by atoms with Gasteiger partial charge in [0, 0.05) is 18.5 Å². The quantitative estimate of drug-likeness (QED) is 0.488. The molecule has 2 aliphatic carbocycles. The number of alkyl carbamates (subject to hydrolysis) is 1. The van der Waals surface area contributed by atoms with Crippen molar-refractivity contribution in [2.75, 3.05) is 13.2 Å². The highest BCUT2D eigenvalue weighted by Crippen LogP contribution is 2.44. The third-order valence-corrected chi connectivity index (χ3v) is 6.42. The van der Waals surface area contributed by atoms with Crippen LogP contribution in [0.15, 0.2) is 48.5 Å². The number of nitrogens with one attached hydrogen (secondary N) is 2. The van der Waals surface area contributed by atoms with Crippen molar-refractivity contribution >= 4 is 18.0 Å². The van der Waals surface area contributed by atoms with Crippen molar-refractivity contribution in [2.45, 2.75) is 43.7 Å². The van der Waals surface area contributed by atoms with Gasteiger partial charge >= 0.3 is 12.1 Å². The minimum Gasteiger partial charge on any atom is -0.481 e. The van der Waals surface area contributed by atoms with E-state index in [0.717, 1.165) is 28.7 Å². The number of amides is 2. The maximum absolute atomic E-state index is 12.6. The summed E-state index contributed by atoms with van der Waals surface area (Å²) in [6, 6.07) is 15.8. The topological polar surface area (TPSA) is 125 Å². The second-order valence-electron chi connectivity index (χ2n) is 8.61. The Morgan fingerprint density at radius 1 is 1.00 bits per heavy atom. The van der Waals surface area contributed by atoms with Crippen LogP contribution in [0, 0.1) is 5.92 Å². The lowest BCUT2D eigenvalue weighted by molar-refractivity contribution is -0.139. The highest BCUT2D eigenvalue weighted by atomic mass is 16.5. The minimum atomic E-state index is -1.15. The number of fused-ring (bicyclic) bond motifs is 3. The van der Waals surface area contributed by atoms with Crippen molar-refractivity contribution in [2.24, 2.45) is 5.92 Å². The number of aliphatic hydroxyl groups excluding tert-OH is 1. The molecule has 3 atom stereocenters. The van der Waals surface area contributed by atoms with Crippen LogP contribution in [0.2, 0.25) is 0 Å². The van der Waals surface area contributed by atoms with Gasteiger partial charge < -0.3 is 25.6 Å². The van der Waals surface area contributed by atoms with E-state index in [4.69, 9.17) is 9.84 Å². The molecule has 0 aromatic heterocycles. The molecule has 0 saturated heterocycles. The molecule has 174 valence electrons. The van der Waals surface area contributed by atoms with E-state index < -0.39 is 30.5 Å². The third kappa shape index (κ3) is 5.17. The number of hydrogen-bond acceptors (Lipinski definition) is 5. The lowest BCUT2D eigenvalue weighted by Gasteiger charge is -2.22. The Bertz CT molecular complexity index is 994. The molecule has 1 saturated carbocycles. The maximum Gasteiger partial charge on any atom is 0.407 e. The van der Waals surface area contributed by atoms with E-state index in [0.29, 0.717) is 12.8 Å². The van der Waals surface area contributed by atoms with Gasteiger partial charge in [-0.25, -0.2) is 4.79 Å². The summed E-state index contributed by atoms with van der Waals surface area (Å²) in [7, 11) is 0. The number of hydrogen-bond donors (Lipinski definition) is 4. The molecule has 2 aromatic rings. The fraction of sp³-hybridized carbons (Fsp3) is 0.400. The Hall–Kier alpha value is -3.39. The van der Waals surface area contributed by atoms with Gasteiger partial charge in [-0.15, -0.1) is 0 Å². The van der Waals surface area contributed by atoms with Crippen molar-refractivity contribution < 1.29 is 29.3 Å². The fourth-order valence-electron chi connectivity index (χ4n) is 4.86. The molecule has 1 fully saturated rings. The van der Waals surface area contributed by atoms with Crippen LogP contribution in [0.5, 0.6) is 0 Å². The second-order valence-corrected chi connectivity index (χ2v) is 8.61. The molecule has 2 amide bonds. The maximum atomic E-state index is 12.6. The largest absolute Gasteiger partial charge is 0.481 e. The lowest BCUT2D eigenvalue weighted by Crippen LogP contribution is -2.45. The average Bonchev–Trinajstić information content (AvgIpc) is 3.38. The van der Waals surface area contributed by atoms with Gasteiger partial charge in [-0.05, 0) is 35.1 Å². The summed E-state index contributed by atoms with van der Waals surface area (Å²) in [5.74, 6) is -1.92. The normalized spacial score (nSPS) is 19.9. The van der Waals surface area contributed by atoms with E-state index in [1.54, 1.807) is 0 Å². The van der Waals surface area contributed by atoms with Gasteiger partial charge in [0.15, 0.2) is 0 Å². The van der Waals surface area contributed by atoms with Crippen LogP contribution in [-0.2, 0) is 14.3 Å². The second kappa shape index (κ2) is 10.0. The molecule has 33 heavy (non-hydrogen) atoms. The van der Waals surface area contributed by atoms with Gasteiger partial charge in [0.05, 0.1) is 18.4 Å². The van der Waals surface area contributed by atoms with Crippen LogP contribution in [0.3, 0.4) is 0 Å². The van der Waals surface area contributed by atoms with Gasteiger partial charge in [-0.2, -0.15) is 0 Å². The molecule has 3 unspecified atom stereocenters. The molecule has 8 nitrogen and oxygen atoms in total. The Labute approximate surface area is 192 Å². The lowest BCUT2D eigenvalue weighted by atomic mass is 9.98. The minimum absolute atomic E-state index is 0.0402. The summed E-state index contributed by atoms with van der Waals surface area (Å²) < 4.78 is 5.58. The molecular weight excluding hydrogens is 424 g/mol. The molecule has 0 heterocycles. The average molecular weight is 453 g/mol. The zero-order valence-electron chi connectivity index (χ0n) is 18.2. The number of carboxylic acids is 1. The zero-order chi connectivity index (χ0) is 23.4. The summed E-state index contributed by atoms with van der Waals surface area (Å²) in [5.41, 5.74) is 4.56. The van der Waals surface area contributed by atoms with E-state index >= 15 is 0 Å². The van der Waals surface area contributed by atoms with E-state index in [9.17, 15) is 19.5 Å². The van der Waals surface area contributed by atoms with Crippen molar-refractivity contribution in [3.8, 4) is 11.1 Å². The summed E-state index contributed by atoms with van der Waals surface area (Å²) in [4.78, 5) is 35.7. The standard InChI is InChI=1S/C25H28N2O6/c28-15(12-23(29)30)13-26-24(31)20-10-5-11-22(20)27-25(32)33-14-21-18-8-3-1-6-16(18)17-7-2-4-9-19(17)21/h1-4,6-9,15,20-22,28H,5,10-14H2,(H,26,31)(H,27,32)(H,29,30). The van der Waals surface area contributed by atoms with Gasteiger partial charge in [-0.3, -0.25) is 9.59 Å². The molecule has 0 spiro atoms. The summed E-state index contributed by atoms with van der Waals surface area (Å²) in [6.45, 7) is 0.0596. The monoisotopic (exact) mass is 452 g/mol. The number of carboxylic acid groups (broad SMARTS) is 1. The molecule has 4 N–H and O–H groups in total. The van der Waals surface area contributed by atoms with Crippen molar-refractivity contribution in [1.29, 1.82) is 0 Å². The molecule has 8 heteroatoms. The molecular formula is C25H28N2O6. The number of aliphatic carboxylic acids is 1. The molecule has 2 aliphatic rings. The number of benzene rings is 2. The smallest absolute Gasteiger partial charge is 0.407 e. The molecule has 4 rings (SSSR count). The van der Waals surface area contributed by atoms with E-state index in [1.807, 2.05) is 24.3 Å². The highest BCUT2D eigenvalue weighted by molar-refractivity contribution is 5.81. The molecule has 0 aliphatic heterocycles. The first-order chi connectivity index (χ1) is 15.9. The first-order valence-electron chi connectivity index (χ1n) is 11.2. The Morgan fingerprint density at radius 3 is 2.27 bits per heavy atom. The molecule has 0 radical (unpaired) electrons. The first-order valence-corrected chi connectivity index (χ1v) is 11.2. The van der Waals surface area contributed by atoms with Crippen LogP contribution in [0.1, 0.15) is 42.7 Å².